The molecule has 1 aliphatic rings. The number of amidine groups is 1. The van der Waals surface area contributed by atoms with Crippen LogP contribution in [0.5, 0.6) is 0 Å². The van der Waals surface area contributed by atoms with Crippen molar-refractivity contribution in [3.63, 3.8) is 0 Å². The van der Waals surface area contributed by atoms with Crippen molar-refractivity contribution in [1.82, 2.24) is 5.32 Å². The monoisotopic (exact) mass is 297 g/mol. The maximum absolute atomic E-state index is 12.7. The van der Waals surface area contributed by atoms with Gasteiger partial charge >= 0.3 is 0 Å². The molecule has 0 aliphatic heterocycles. The lowest BCUT2D eigenvalue weighted by atomic mass is 9.77. The molecule has 21 heavy (non-hydrogen) atoms. The van der Waals surface area contributed by atoms with Crippen LogP contribution in [0.4, 0.5) is 0 Å². The molecule has 0 aromatic carbocycles. The Morgan fingerprint density at radius 3 is 2.38 bits per heavy atom. The molecule has 0 bridgehead atoms. The summed E-state index contributed by atoms with van der Waals surface area (Å²) < 4.78 is 0. The average molecular weight is 297 g/mol. The highest BCUT2D eigenvalue weighted by Gasteiger charge is 2.41. The summed E-state index contributed by atoms with van der Waals surface area (Å²) in [6.07, 6.45) is 6.55. The van der Waals surface area contributed by atoms with Crippen LogP contribution in [0.1, 0.15) is 65.7 Å². The third-order valence-corrected chi connectivity index (χ3v) is 4.95. The van der Waals surface area contributed by atoms with Crippen LogP contribution in [0.25, 0.3) is 0 Å². The van der Waals surface area contributed by atoms with Gasteiger partial charge in [-0.3, -0.25) is 4.79 Å². The second-order valence-electron chi connectivity index (χ2n) is 6.45. The molecule has 0 spiro atoms. The number of rotatable bonds is 8. The molecule has 2 unspecified atom stereocenters. The van der Waals surface area contributed by atoms with E-state index in [-0.39, 0.29) is 11.7 Å². The van der Waals surface area contributed by atoms with Gasteiger partial charge in [-0.15, -0.1) is 0 Å². The lowest BCUT2D eigenvalue weighted by Crippen LogP contribution is -2.50. The molecule has 1 amide bonds. The quantitative estimate of drug-likeness (QED) is 0.278. The fourth-order valence-electron chi connectivity index (χ4n) is 3.59. The van der Waals surface area contributed by atoms with E-state index < -0.39 is 5.41 Å². The topological polar surface area (TPSA) is 87.7 Å². The second-order valence-corrected chi connectivity index (χ2v) is 6.45. The Bertz CT molecular complexity index is 363. The molecule has 0 heterocycles. The smallest absolute Gasteiger partial charge is 0.233 e. The summed E-state index contributed by atoms with van der Waals surface area (Å²) in [5.74, 6) is 1.19. The molecule has 0 aromatic rings. The van der Waals surface area contributed by atoms with Crippen molar-refractivity contribution in [3.05, 3.63) is 0 Å². The van der Waals surface area contributed by atoms with E-state index in [1.54, 1.807) is 0 Å². The molecule has 0 saturated heterocycles. The maximum atomic E-state index is 12.7. The molecule has 0 radical (unpaired) electrons. The predicted molar refractivity (Wildman–Crippen MR) is 85.2 cm³/mol. The molecule has 2 atom stereocenters. The molecule has 4 N–H and O–H groups in total. The summed E-state index contributed by atoms with van der Waals surface area (Å²) in [6.45, 7) is 6.98. The van der Waals surface area contributed by atoms with Gasteiger partial charge in [0.1, 0.15) is 5.41 Å². The minimum absolute atomic E-state index is 0.0446. The Morgan fingerprint density at radius 2 is 1.95 bits per heavy atom. The van der Waals surface area contributed by atoms with Gasteiger partial charge in [0.25, 0.3) is 0 Å². The summed E-state index contributed by atoms with van der Waals surface area (Å²) >= 11 is 0. The molecule has 0 aromatic heterocycles. The number of oxime groups is 1. The number of hydrogen-bond acceptors (Lipinski definition) is 3. The van der Waals surface area contributed by atoms with E-state index in [1.807, 2.05) is 13.8 Å². The van der Waals surface area contributed by atoms with Crippen molar-refractivity contribution >= 4 is 11.7 Å². The largest absolute Gasteiger partial charge is 0.409 e. The molecule has 5 heteroatoms. The van der Waals surface area contributed by atoms with Crippen molar-refractivity contribution in [3.8, 4) is 0 Å². The van der Waals surface area contributed by atoms with Gasteiger partial charge in [0, 0.05) is 6.54 Å². The molecular weight excluding hydrogens is 266 g/mol. The number of carbonyl (C=O) groups excluding carboxylic acids is 1. The second kappa shape index (κ2) is 8.25. The summed E-state index contributed by atoms with van der Waals surface area (Å²) in [7, 11) is 0. The van der Waals surface area contributed by atoms with Crippen molar-refractivity contribution in [2.75, 3.05) is 6.54 Å². The molecule has 1 fully saturated rings. The van der Waals surface area contributed by atoms with Gasteiger partial charge in [-0.2, -0.15) is 0 Å². The highest BCUT2D eigenvalue weighted by Crippen LogP contribution is 2.33. The van der Waals surface area contributed by atoms with E-state index in [1.165, 1.54) is 19.3 Å². The number of carbonyl (C=O) groups is 1. The Labute approximate surface area is 128 Å². The van der Waals surface area contributed by atoms with Crippen molar-refractivity contribution in [2.24, 2.45) is 28.1 Å². The molecule has 122 valence electrons. The van der Waals surface area contributed by atoms with Crippen LogP contribution in [0.2, 0.25) is 0 Å². The number of nitrogens with zero attached hydrogens (tertiary/aromatic N) is 1. The lowest BCUT2D eigenvalue weighted by Gasteiger charge is -2.31. The number of nitrogens with one attached hydrogen (secondary N) is 1. The summed E-state index contributed by atoms with van der Waals surface area (Å²) in [5, 5.41) is 15.3. The molecule has 1 saturated carbocycles. The first-order valence-electron chi connectivity index (χ1n) is 8.28. The third-order valence-electron chi connectivity index (χ3n) is 4.95. The molecule has 1 aliphatic carbocycles. The first-order valence-corrected chi connectivity index (χ1v) is 8.28. The summed E-state index contributed by atoms with van der Waals surface area (Å²) in [4.78, 5) is 12.7. The molecule has 1 rings (SSSR count). The van der Waals surface area contributed by atoms with Gasteiger partial charge in [0.2, 0.25) is 5.91 Å². The van der Waals surface area contributed by atoms with E-state index in [9.17, 15) is 4.79 Å². The normalized spacial score (nSPS) is 23.3. The highest BCUT2D eigenvalue weighted by atomic mass is 16.4. The number of nitrogens with two attached hydrogens (primary N) is 1. The van der Waals surface area contributed by atoms with Gasteiger partial charge in [-0.25, -0.2) is 0 Å². The standard InChI is InChI=1S/C16H31N3O2/c1-4-9-16(10-5-2,14(17)19-21)15(20)18-11-13-8-6-7-12(13)3/h12-13,21H,4-11H2,1-3H3,(H2,17,19)(H,18,20). The van der Waals surface area contributed by atoms with E-state index in [2.05, 4.69) is 17.4 Å². The van der Waals surface area contributed by atoms with E-state index >= 15 is 0 Å². The van der Waals surface area contributed by atoms with E-state index in [4.69, 9.17) is 10.9 Å². The van der Waals surface area contributed by atoms with Gasteiger partial charge in [0.05, 0.1) is 0 Å². The van der Waals surface area contributed by atoms with Crippen molar-refractivity contribution < 1.29 is 10.0 Å². The zero-order chi connectivity index (χ0) is 15.9. The van der Waals surface area contributed by atoms with Crippen LogP contribution in [0, 0.1) is 17.3 Å². The zero-order valence-corrected chi connectivity index (χ0v) is 13.7. The molecular formula is C16H31N3O2. The third kappa shape index (κ3) is 4.11. The van der Waals surface area contributed by atoms with Gasteiger partial charge in [-0.05, 0) is 31.1 Å². The lowest BCUT2D eigenvalue weighted by molar-refractivity contribution is -0.128. The maximum Gasteiger partial charge on any atom is 0.233 e. The van der Waals surface area contributed by atoms with Gasteiger partial charge in [-0.1, -0.05) is 51.6 Å². The summed E-state index contributed by atoms with van der Waals surface area (Å²) in [6, 6.07) is 0. The van der Waals surface area contributed by atoms with Crippen molar-refractivity contribution in [2.45, 2.75) is 65.7 Å². The summed E-state index contributed by atoms with van der Waals surface area (Å²) in [5.41, 5.74) is 5.01. The minimum Gasteiger partial charge on any atom is -0.409 e. The van der Waals surface area contributed by atoms with Crippen LogP contribution in [0.15, 0.2) is 5.16 Å². The van der Waals surface area contributed by atoms with Crippen LogP contribution in [0.3, 0.4) is 0 Å². The Kier molecular flexibility index (Phi) is 6.99. The van der Waals surface area contributed by atoms with E-state index in [0.717, 1.165) is 12.8 Å². The predicted octanol–water partition coefficient (Wildman–Crippen LogP) is 2.87. The van der Waals surface area contributed by atoms with Crippen LogP contribution < -0.4 is 11.1 Å². The fraction of sp³-hybridized carbons (Fsp3) is 0.875. The SMILES string of the molecule is CCCC(CCC)(C(=O)NCC1CCCC1C)C(N)=NO. The van der Waals surface area contributed by atoms with Crippen LogP contribution in [-0.2, 0) is 4.79 Å². The Hall–Kier alpha value is -1.26. The van der Waals surface area contributed by atoms with E-state index in [0.29, 0.717) is 31.2 Å². The minimum atomic E-state index is -0.861. The van der Waals surface area contributed by atoms with Crippen molar-refractivity contribution in [1.29, 1.82) is 0 Å². The highest BCUT2D eigenvalue weighted by molar-refractivity contribution is 6.06. The zero-order valence-electron chi connectivity index (χ0n) is 13.7. The first-order chi connectivity index (χ1) is 10.0. The Balaban J connectivity index is 2.78. The Morgan fingerprint density at radius 1 is 1.33 bits per heavy atom. The van der Waals surface area contributed by atoms with Crippen LogP contribution in [-0.4, -0.2) is 23.5 Å². The molecule has 5 nitrogen and oxygen atoms in total. The van der Waals surface area contributed by atoms with Gasteiger partial charge < -0.3 is 16.3 Å². The average Bonchev–Trinajstić information content (AvgIpc) is 2.88. The van der Waals surface area contributed by atoms with Gasteiger partial charge in [0.15, 0.2) is 5.84 Å². The first kappa shape index (κ1) is 17.8. The fourth-order valence-corrected chi connectivity index (χ4v) is 3.59. The van der Waals surface area contributed by atoms with Crippen LogP contribution >= 0.6 is 0 Å². The number of hydrogen-bond donors (Lipinski definition) is 3. The number of amides is 1.